The van der Waals surface area contributed by atoms with Crippen molar-refractivity contribution in [1.29, 1.82) is 0 Å². The summed E-state index contributed by atoms with van der Waals surface area (Å²) in [4.78, 5) is 40.9. The third kappa shape index (κ3) is 4.98. The molecule has 0 aliphatic rings. The summed E-state index contributed by atoms with van der Waals surface area (Å²) >= 11 is 0. The molecule has 1 atom stereocenters. The van der Waals surface area contributed by atoms with Crippen molar-refractivity contribution in [3.8, 4) is 5.69 Å². The lowest BCUT2D eigenvalue weighted by atomic mass is 10.2. The standard InChI is InChI=1S/C22H18FN7O3/c1-14(29-13-24-12-25-29)21(32)26-16-4-6-17(7-5-16)27-22(33)19-10-11-20(31)30(28-19)18-8-2-15(23)3-9-18/h2-14H,1H3,(H,26,32)(H,27,33). The molecule has 4 aromatic rings. The minimum atomic E-state index is -0.547. The van der Waals surface area contributed by atoms with Crippen molar-refractivity contribution in [1.82, 2.24) is 24.5 Å². The number of nitrogens with one attached hydrogen (secondary N) is 2. The fourth-order valence-corrected chi connectivity index (χ4v) is 2.92. The minimum Gasteiger partial charge on any atom is -0.324 e. The lowest BCUT2D eigenvalue weighted by Gasteiger charge is -2.12. The second-order valence-corrected chi connectivity index (χ2v) is 7.02. The number of rotatable bonds is 6. The zero-order valence-corrected chi connectivity index (χ0v) is 17.3. The van der Waals surface area contributed by atoms with Gasteiger partial charge in [-0.2, -0.15) is 14.9 Å². The van der Waals surface area contributed by atoms with E-state index in [1.165, 1.54) is 53.7 Å². The SMILES string of the molecule is CC(C(=O)Nc1ccc(NC(=O)c2ccc(=O)n(-c3ccc(F)cc3)n2)cc1)n1cncn1. The normalized spacial score (nSPS) is 11.6. The molecule has 33 heavy (non-hydrogen) atoms. The van der Waals surface area contributed by atoms with Gasteiger partial charge in [-0.1, -0.05) is 0 Å². The maximum absolute atomic E-state index is 13.2. The monoisotopic (exact) mass is 447 g/mol. The number of hydrogen-bond donors (Lipinski definition) is 2. The van der Waals surface area contributed by atoms with Crippen LogP contribution in [0.25, 0.3) is 5.69 Å². The number of anilines is 2. The Morgan fingerprint density at radius 1 is 0.939 bits per heavy atom. The van der Waals surface area contributed by atoms with Crippen LogP contribution in [0.15, 0.2) is 78.1 Å². The van der Waals surface area contributed by atoms with Gasteiger partial charge in [0, 0.05) is 17.4 Å². The molecule has 2 aromatic heterocycles. The maximum Gasteiger partial charge on any atom is 0.276 e. The van der Waals surface area contributed by atoms with Gasteiger partial charge >= 0.3 is 0 Å². The Morgan fingerprint density at radius 2 is 1.61 bits per heavy atom. The lowest BCUT2D eigenvalue weighted by Crippen LogP contribution is -2.25. The summed E-state index contributed by atoms with van der Waals surface area (Å²) in [7, 11) is 0. The van der Waals surface area contributed by atoms with Crippen LogP contribution in [0.5, 0.6) is 0 Å². The smallest absolute Gasteiger partial charge is 0.276 e. The van der Waals surface area contributed by atoms with Gasteiger partial charge in [0.2, 0.25) is 5.91 Å². The molecule has 2 N–H and O–H groups in total. The van der Waals surface area contributed by atoms with Gasteiger partial charge in [0.1, 0.15) is 30.2 Å². The molecule has 10 nitrogen and oxygen atoms in total. The van der Waals surface area contributed by atoms with Crippen LogP contribution < -0.4 is 16.2 Å². The Hall–Kier alpha value is -4.67. The Bertz CT molecular complexity index is 1330. The molecule has 0 spiro atoms. The number of amides is 2. The van der Waals surface area contributed by atoms with E-state index in [0.717, 1.165) is 4.68 Å². The van der Waals surface area contributed by atoms with E-state index in [-0.39, 0.29) is 11.6 Å². The van der Waals surface area contributed by atoms with Crippen LogP contribution in [0.3, 0.4) is 0 Å². The predicted molar refractivity (Wildman–Crippen MR) is 118 cm³/mol. The number of carbonyl (C=O) groups is 2. The van der Waals surface area contributed by atoms with Crippen molar-refractivity contribution < 1.29 is 14.0 Å². The van der Waals surface area contributed by atoms with E-state index < -0.39 is 23.3 Å². The molecule has 0 aliphatic heterocycles. The molecule has 11 heteroatoms. The predicted octanol–water partition coefficient (Wildman–Crippen LogP) is 2.42. The van der Waals surface area contributed by atoms with Crippen molar-refractivity contribution >= 4 is 23.2 Å². The number of halogens is 1. The molecule has 4 rings (SSSR count). The molecule has 0 saturated heterocycles. The summed E-state index contributed by atoms with van der Waals surface area (Å²) in [6.07, 6.45) is 2.80. The molecule has 2 aromatic carbocycles. The molecule has 166 valence electrons. The summed E-state index contributed by atoms with van der Waals surface area (Å²) in [5, 5.41) is 13.5. The molecule has 2 heterocycles. The van der Waals surface area contributed by atoms with Crippen LogP contribution in [0, 0.1) is 5.82 Å². The van der Waals surface area contributed by atoms with Gasteiger partial charge < -0.3 is 10.6 Å². The highest BCUT2D eigenvalue weighted by molar-refractivity contribution is 6.03. The first kappa shape index (κ1) is 21.6. The number of aromatic nitrogens is 5. The van der Waals surface area contributed by atoms with Crippen LogP contribution in [-0.4, -0.2) is 36.4 Å². The molecular formula is C22H18FN7O3. The topological polar surface area (TPSA) is 124 Å². The highest BCUT2D eigenvalue weighted by atomic mass is 19.1. The first-order chi connectivity index (χ1) is 15.9. The van der Waals surface area contributed by atoms with E-state index in [1.54, 1.807) is 31.2 Å². The molecule has 0 aliphatic carbocycles. The van der Waals surface area contributed by atoms with E-state index in [4.69, 9.17) is 0 Å². The number of nitrogens with zero attached hydrogens (tertiary/aromatic N) is 5. The summed E-state index contributed by atoms with van der Waals surface area (Å²) in [5.41, 5.74) is 0.865. The van der Waals surface area contributed by atoms with Gasteiger partial charge in [0.25, 0.3) is 11.5 Å². The molecule has 0 bridgehead atoms. The Kier molecular flexibility index (Phi) is 6.02. The van der Waals surface area contributed by atoms with Crippen LogP contribution >= 0.6 is 0 Å². The fourth-order valence-electron chi connectivity index (χ4n) is 2.92. The second-order valence-electron chi connectivity index (χ2n) is 7.02. The first-order valence-corrected chi connectivity index (χ1v) is 9.83. The summed E-state index contributed by atoms with van der Waals surface area (Å²) < 4.78 is 15.6. The zero-order chi connectivity index (χ0) is 23.4. The molecule has 0 saturated carbocycles. The summed E-state index contributed by atoms with van der Waals surface area (Å²) in [6.45, 7) is 1.69. The molecule has 0 fully saturated rings. The van der Waals surface area contributed by atoms with Crippen LogP contribution in [0.4, 0.5) is 15.8 Å². The van der Waals surface area contributed by atoms with Crippen LogP contribution in [0.2, 0.25) is 0 Å². The number of hydrogen-bond acceptors (Lipinski definition) is 6. The number of carbonyl (C=O) groups excluding carboxylic acids is 2. The molecule has 1 unspecified atom stereocenters. The highest BCUT2D eigenvalue weighted by Crippen LogP contribution is 2.16. The second kappa shape index (κ2) is 9.22. The van der Waals surface area contributed by atoms with Crippen molar-refractivity contribution in [3.05, 3.63) is 95.2 Å². The molecular weight excluding hydrogens is 429 g/mol. The van der Waals surface area contributed by atoms with E-state index in [1.807, 2.05) is 0 Å². The third-order valence-corrected chi connectivity index (χ3v) is 4.73. The Morgan fingerprint density at radius 3 is 2.24 bits per heavy atom. The first-order valence-electron chi connectivity index (χ1n) is 9.83. The summed E-state index contributed by atoms with van der Waals surface area (Å²) in [5.74, 6) is -1.26. The van der Waals surface area contributed by atoms with E-state index in [9.17, 15) is 18.8 Å². The molecule has 0 radical (unpaired) electrons. The van der Waals surface area contributed by atoms with Gasteiger partial charge in [0.05, 0.1) is 5.69 Å². The maximum atomic E-state index is 13.2. The van der Waals surface area contributed by atoms with Gasteiger partial charge in [-0.25, -0.2) is 14.1 Å². The average Bonchev–Trinajstić information content (AvgIpc) is 3.36. The van der Waals surface area contributed by atoms with Crippen molar-refractivity contribution in [2.24, 2.45) is 0 Å². The van der Waals surface area contributed by atoms with E-state index >= 15 is 0 Å². The van der Waals surface area contributed by atoms with Crippen molar-refractivity contribution in [3.63, 3.8) is 0 Å². The van der Waals surface area contributed by atoms with Crippen LogP contribution in [-0.2, 0) is 4.79 Å². The largest absolute Gasteiger partial charge is 0.324 e. The zero-order valence-electron chi connectivity index (χ0n) is 17.3. The Labute approximate surface area is 186 Å². The van der Waals surface area contributed by atoms with Gasteiger partial charge in [-0.05, 0) is 61.5 Å². The fraction of sp³-hybridized carbons (Fsp3) is 0.0909. The lowest BCUT2D eigenvalue weighted by molar-refractivity contribution is -0.119. The van der Waals surface area contributed by atoms with Crippen molar-refractivity contribution in [2.75, 3.05) is 10.6 Å². The Balaban J connectivity index is 1.43. The number of benzene rings is 2. The van der Waals surface area contributed by atoms with E-state index in [0.29, 0.717) is 17.1 Å². The quantitative estimate of drug-likeness (QED) is 0.468. The van der Waals surface area contributed by atoms with Gasteiger partial charge in [-0.15, -0.1) is 0 Å². The minimum absolute atomic E-state index is 0.00189. The highest BCUT2D eigenvalue weighted by Gasteiger charge is 2.16. The van der Waals surface area contributed by atoms with Crippen LogP contribution in [0.1, 0.15) is 23.5 Å². The third-order valence-electron chi connectivity index (χ3n) is 4.73. The van der Waals surface area contributed by atoms with Crippen molar-refractivity contribution in [2.45, 2.75) is 13.0 Å². The summed E-state index contributed by atoms with van der Waals surface area (Å²) in [6, 6.07) is 13.6. The van der Waals surface area contributed by atoms with E-state index in [2.05, 4.69) is 25.8 Å². The van der Waals surface area contributed by atoms with Gasteiger partial charge in [0.15, 0.2) is 0 Å². The van der Waals surface area contributed by atoms with Gasteiger partial charge in [-0.3, -0.25) is 14.4 Å². The molecule has 2 amide bonds. The average molecular weight is 447 g/mol.